The fourth-order valence-electron chi connectivity index (χ4n) is 3.26. The predicted octanol–water partition coefficient (Wildman–Crippen LogP) is 6.84. The SMILES string of the molecule is CC[CH2][Ge]([CH2]CC)([CH2]CC)[O]CCC(C)(C)CCO[Si](C)(C)C. The van der Waals surface area contributed by atoms with E-state index in [9.17, 15) is 0 Å². The van der Waals surface area contributed by atoms with Crippen LogP contribution in [0, 0.1) is 5.41 Å². The molecule has 0 unspecified atom stereocenters. The van der Waals surface area contributed by atoms with Crippen molar-refractivity contribution in [3.8, 4) is 0 Å². The fourth-order valence-corrected chi connectivity index (χ4v) is 13.3. The molecule has 0 aliphatic heterocycles. The second-order valence-corrected chi connectivity index (χ2v) is 22.1. The summed E-state index contributed by atoms with van der Waals surface area (Å²) in [6, 6.07) is 0. The molecule has 0 heterocycles. The van der Waals surface area contributed by atoms with E-state index in [1.165, 1.54) is 41.4 Å². The number of hydrogen-bond acceptors (Lipinski definition) is 2. The monoisotopic (exact) mass is 406 g/mol. The van der Waals surface area contributed by atoms with Crippen LogP contribution in [0.5, 0.6) is 0 Å². The molecule has 4 heteroatoms. The fraction of sp³-hybridized carbons (Fsp3) is 1.00. The minimum atomic E-state index is -2.04. The number of hydrogen-bond donors (Lipinski definition) is 0. The van der Waals surface area contributed by atoms with Crippen LogP contribution >= 0.6 is 0 Å². The Hall–Kier alpha value is 0.680. The molecule has 0 amide bonds. The molecule has 0 fully saturated rings. The first kappa shape index (κ1) is 23.7. The predicted molar refractivity (Wildman–Crippen MR) is 109 cm³/mol. The summed E-state index contributed by atoms with van der Waals surface area (Å²) in [7, 11) is -1.37. The van der Waals surface area contributed by atoms with Gasteiger partial charge in [-0.05, 0) is 0 Å². The van der Waals surface area contributed by atoms with Crippen molar-refractivity contribution in [3.63, 3.8) is 0 Å². The summed E-state index contributed by atoms with van der Waals surface area (Å²) >= 11 is -2.04. The van der Waals surface area contributed by atoms with Gasteiger partial charge >= 0.3 is 151 Å². The molecule has 2 nitrogen and oxygen atoms in total. The summed E-state index contributed by atoms with van der Waals surface area (Å²) in [5.41, 5.74) is 0.332. The third-order valence-electron chi connectivity index (χ3n) is 4.62. The van der Waals surface area contributed by atoms with Crippen molar-refractivity contribution in [2.45, 2.75) is 102 Å². The minimum absolute atomic E-state index is 0.332. The van der Waals surface area contributed by atoms with E-state index >= 15 is 0 Å². The van der Waals surface area contributed by atoms with E-state index in [4.69, 9.17) is 8.19 Å². The molecule has 0 radical (unpaired) electrons. The Labute approximate surface area is 150 Å². The molecule has 23 heavy (non-hydrogen) atoms. The van der Waals surface area contributed by atoms with E-state index in [1.54, 1.807) is 0 Å². The van der Waals surface area contributed by atoms with Gasteiger partial charge in [-0.3, -0.25) is 0 Å². The van der Waals surface area contributed by atoms with Crippen molar-refractivity contribution in [2.75, 3.05) is 13.2 Å². The quantitative estimate of drug-likeness (QED) is 0.295. The molecule has 0 rings (SSSR count). The van der Waals surface area contributed by atoms with E-state index in [-0.39, 0.29) is 0 Å². The van der Waals surface area contributed by atoms with E-state index in [0.717, 1.165) is 19.6 Å². The summed E-state index contributed by atoms with van der Waals surface area (Å²) in [4.78, 5) is 0. The van der Waals surface area contributed by atoms with Gasteiger partial charge in [-0.2, -0.15) is 0 Å². The summed E-state index contributed by atoms with van der Waals surface area (Å²) in [5.74, 6) is 0. The van der Waals surface area contributed by atoms with Crippen molar-refractivity contribution < 1.29 is 8.19 Å². The maximum atomic E-state index is 6.69. The second kappa shape index (κ2) is 11.3. The first-order valence-corrected chi connectivity index (χ1v) is 18.6. The van der Waals surface area contributed by atoms with E-state index in [0.29, 0.717) is 5.41 Å². The summed E-state index contributed by atoms with van der Waals surface area (Å²) in [6.45, 7) is 20.4. The van der Waals surface area contributed by atoms with Crippen LogP contribution in [0.1, 0.15) is 66.7 Å². The standard InChI is InChI=1S/C19H44GeO2Si/c1-9-14-20(15-10-2,16-11-3)21-17-12-19(4,5)13-18-22-23(6,7)8/h9-18H2,1-8H3. The van der Waals surface area contributed by atoms with Gasteiger partial charge in [0.05, 0.1) is 0 Å². The average molecular weight is 405 g/mol. The second-order valence-electron chi connectivity index (χ2n) is 8.91. The third kappa shape index (κ3) is 11.8. The van der Waals surface area contributed by atoms with Crippen LogP contribution in [-0.4, -0.2) is 35.1 Å². The normalized spacial score (nSPS) is 13.6. The first-order chi connectivity index (χ1) is 10.6. The van der Waals surface area contributed by atoms with Gasteiger partial charge in [-0.15, -0.1) is 0 Å². The van der Waals surface area contributed by atoms with Gasteiger partial charge in [0.1, 0.15) is 0 Å². The van der Waals surface area contributed by atoms with Crippen molar-refractivity contribution >= 4 is 21.9 Å². The molecule has 0 saturated heterocycles. The average Bonchev–Trinajstić information content (AvgIpc) is 2.37. The molecule has 0 atom stereocenters. The van der Waals surface area contributed by atoms with Gasteiger partial charge in [0.25, 0.3) is 0 Å². The van der Waals surface area contributed by atoms with Crippen molar-refractivity contribution in [1.29, 1.82) is 0 Å². The maximum absolute atomic E-state index is 6.69. The Morgan fingerprint density at radius 1 is 0.783 bits per heavy atom. The van der Waals surface area contributed by atoms with Crippen LogP contribution < -0.4 is 0 Å². The van der Waals surface area contributed by atoms with Gasteiger partial charge in [0, 0.05) is 0 Å². The Bertz CT molecular complexity index is 283. The zero-order valence-electron chi connectivity index (χ0n) is 17.4. The Balaban J connectivity index is 4.38. The molecule has 0 bridgehead atoms. The van der Waals surface area contributed by atoms with Crippen LogP contribution in [0.4, 0.5) is 0 Å². The van der Waals surface area contributed by atoms with Gasteiger partial charge in [0.15, 0.2) is 0 Å². The zero-order chi connectivity index (χ0) is 18.0. The Morgan fingerprint density at radius 3 is 1.61 bits per heavy atom. The molecule has 0 aromatic heterocycles. The molecule has 0 aliphatic rings. The van der Waals surface area contributed by atoms with Gasteiger partial charge in [-0.25, -0.2) is 0 Å². The molecular formula is C19H44GeO2Si. The van der Waals surface area contributed by atoms with Gasteiger partial charge < -0.3 is 0 Å². The third-order valence-corrected chi connectivity index (χ3v) is 16.3. The van der Waals surface area contributed by atoms with E-state index < -0.39 is 21.9 Å². The van der Waals surface area contributed by atoms with Crippen LogP contribution in [0.2, 0.25) is 35.4 Å². The van der Waals surface area contributed by atoms with Crippen LogP contribution in [0.15, 0.2) is 0 Å². The Morgan fingerprint density at radius 2 is 1.22 bits per heavy atom. The topological polar surface area (TPSA) is 18.5 Å². The first-order valence-electron chi connectivity index (χ1n) is 9.87. The molecule has 0 aromatic carbocycles. The van der Waals surface area contributed by atoms with Crippen LogP contribution in [-0.2, 0) is 8.19 Å². The summed E-state index contributed by atoms with van der Waals surface area (Å²) in [6.07, 6.45) is 6.22. The molecule has 0 spiro atoms. The van der Waals surface area contributed by atoms with Crippen molar-refractivity contribution in [1.82, 2.24) is 0 Å². The van der Waals surface area contributed by atoms with E-state index in [1.807, 2.05) is 0 Å². The molecular weight excluding hydrogens is 361 g/mol. The summed E-state index contributed by atoms with van der Waals surface area (Å²) < 4.78 is 12.7. The molecule has 0 N–H and O–H groups in total. The van der Waals surface area contributed by atoms with Crippen LogP contribution in [0.3, 0.4) is 0 Å². The van der Waals surface area contributed by atoms with E-state index in [2.05, 4.69) is 54.3 Å². The molecule has 0 aromatic rings. The molecule has 0 aliphatic carbocycles. The zero-order valence-corrected chi connectivity index (χ0v) is 20.5. The van der Waals surface area contributed by atoms with Crippen molar-refractivity contribution in [3.05, 3.63) is 0 Å². The van der Waals surface area contributed by atoms with Crippen LogP contribution in [0.25, 0.3) is 0 Å². The van der Waals surface area contributed by atoms with Gasteiger partial charge in [-0.1, -0.05) is 0 Å². The number of rotatable bonds is 14. The summed E-state index contributed by atoms with van der Waals surface area (Å²) in [5, 5.41) is 4.17. The van der Waals surface area contributed by atoms with Gasteiger partial charge in [0.2, 0.25) is 0 Å². The van der Waals surface area contributed by atoms with Crippen molar-refractivity contribution in [2.24, 2.45) is 5.41 Å². The Kier molecular flexibility index (Phi) is 11.7. The molecule has 0 saturated carbocycles. The molecule has 140 valence electrons.